The van der Waals surface area contributed by atoms with Gasteiger partial charge in [-0.25, -0.2) is 8.78 Å². The van der Waals surface area contributed by atoms with Gasteiger partial charge in [-0.3, -0.25) is 0 Å². The summed E-state index contributed by atoms with van der Waals surface area (Å²) in [6.45, 7) is 3.85. The van der Waals surface area contributed by atoms with E-state index in [2.05, 4.69) is 6.58 Å². The van der Waals surface area contributed by atoms with Crippen LogP contribution >= 0.6 is 0 Å². The van der Waals surface area contributed by atoms with Gasteiger partial charge in [0.2, 0.25) is 0 Å². The zero-order valence-corrected chi connectivity index (χ0v) is 12.3. The Kier molecular flexibility index (Phi) is 3.94. The molecule has 0 bridgehead atoms. The Labute approximate surface area is 128 Å². The molecule has 0 saturated heterocycles. The monoisotopic (exact) mass is 297 g/mol. The summed E-state index contributed by atoms with van der Waals surface area (Å²) in [6, 6.07) is 8.28. The van der Waals surface area contributed by atoms with Gasteiger partial charge in [0, 0.05) is 5.39 Å². The second-order valence-corrected chi connectivity index (χ2v) is 5.99. The number of fused-ring (bicyclic) bond motifs is 1. The van der Waals surface area contributed by atoms with E-state index in [4.69, 9.17) is 5.26 Å². The molecule has 1 fully saturated rings. The average molecular weight is 297 g/mol. The van der Waals surface area contributed by atoms with Crippen molar-refractivity contribution in [3.05, 3.63) is 59.7 Å². The lowest BCUT2D eigenvalue weighted by molar-refractivity contribution is 0.376. The molecule has 112 valence electrons. The van der Waals surface area contributed by atoms with Crippen molar-refractivity contribution in [2.75, 3.05) is 0 Å². The lowest BCUT2D eigenvalue weighted by Crippen LogP contribution is -2.11. The molecular formula is C19H17F2N. The summed E-state index contributed by atoms with van der Waals surface area (Å²) < 4.78 is 27.9. The van der Waals surface area contributed by atoms with E-state index in [1.807, 2.05) is 18.2 Å². The normalized spacial score (nSPS) is 21.5. The molecule has 1 nitrogen and oxygen atoms in total. The first-order valence-corrected chi connectivity index (χ1v) is 7.58. The van der Waals surface area contributed by atoms with Gasteiger partial charge in [-0.1, -0.05) is 24.3 Å². The van der Waals surface area contributed by atoms with E-state index < -0.39 is 17.2 Å². The Morgan fingerprint density at radius 3 is 2.50 bits per heavy atom. The van der Waals surface area contributed by atoms with Crippen LogP contribution in [-0.2, 0) is 0 Å². The van der Waals surface area contributed by atoms with E-state index in [1.165, 1.54) is 6.07 Å². The van der Waals surface area contributed by atoms with Crippen molar-refractivity contribution in [1.82, 2.24) is 0 Å². The summed E-state index contributed by atoms with van der Waals surface area (Å²) >= 11 is 0. The molecule has 3 heteroatoms. The summed E-state index contributed by atoms with van der Waals surface area (Å²) in [7, 11) is 0. The lowest BCUT2D eigenvalue weighted by atomic mass is 9.78. The third kappa shape index (κ3) is 2.50. The molecule has 2 aromatic carbocycles. The van der Waals surface area contributed by atoms with Crippen molar-refractivity contribution >= 4 is 10.8 Å². The van der Waals surface area contributed by atoms with E-state index in [-0.39, 0.29) is 0 Å². The minimum atomic E-state index is -0.792. The fraction of sp³-hybridized carbons (Fsp3) is 0.316. The number of benzene rings is 2. The van der Waals surface area contributed by atoms with Crippen molar-refractivity contribution in [3.63, 3.8) is 0 Å². The maximum Gasteiger partial charge on any atom is 0.151 e. The van der Waals surface area contributed by atoms with Crippen LogP contribution in [0.25, 0.3) is 10.8 Å². The van der Waals surface area contributed by atoms with Gasteiger partial charge in [0.15, 0.2) is 5.82 Å². The maximum absolute atomic E-state index is 14.1. The molecule has 0 N–H and O–H groups in total. The van der Waals surface area contributed by atoms with E-state index in [9.17, 15) is 8.78 Å². The highest BCUT2D eigenvalue weighted by atomic mass is 19.1. The Morgan fingerprint density at radius 2 is 1.86 bits per heavy atom. The predicted molar refractivity (Wildman–Crippen MR) is 83.5 cm³/mol. The number of allylic oxidation sites excluding steroid dienone is 1. The number of nitrogens with zero attached hydrogens (tertiary/aromatic N) is 1. The van der Waals surface area contributed by atoms with Gasteiger partial charge in [0.25, 0.3) is 0 Å². The van der Waals surface area contributed by atoms with Gasteiger partial charge in [0.1, 0.15) is 17.4 Å². The van der Waals surface area contributed by atoms with Crippen LogP contribution in [0.4, 0.5) is 8.78 Å². The van der Waals surface area contributed by atoms with Gasteiger partial charge < -0.3 is 0 Å². The van der Waals surface area contributed by atoms with Gasteiger partial charge in [0.05, 0.1) is 0 Å². The fourth-order valence-electron chi connectivity index (χ4n) is 3.39. The molecule has 2 aromatic rings. The molecule has 3 rings (SSSR count). The zero-order chi connectivity index (χ0) is 15.7. The molecule has 0 amide bonds. The minimum Gasteiger partial charge on any atom is -0.205 e. The molecule has 0 atom stereocenters. The Bertz CT molecular complexity index is 765. The van der Waals surface area contributed by atoms with Crippen LogP contribution in [0.5, 0.6) is 0 Å². The largest absolute Gasteiger partial charge is 0.205 e. The van der Waals surface area contributed by atoms with Gasteiger partial charge >= 0.3 is 0 Å². The van der Waals surface area contributed by atoms with E-state index in [0.29, 0.717) is 22.6 Å². The standard InChI is InChI=1S/C19H17F2N/c1-2-12-3-5-13(6-4-12)14-7-8-16-15(9-14)10-18(20)17(11-22)19(16)21/h2,7-10,12-13H,1,3-6H2. The molecule has 0 aromatic heterocycles. The van der Waals surface area contributed by atoms with Crippen LogP contribution in [0.15, 0.2) is 36.9 Å². The summed E-state index contributed by atoms with van der Waals surface area (Å²) in [5.74, 6) is -0.536. The summed E-state index contributed by atoms with van der Waals surface area (Å²) in [6.07, 6.45) is 6.39. The molecule has 1 aliphatic rings. The number of halogens is 2. The lowest BCUT2D eigenvalue weighted by Gasteiger charge is -2.27. The van der Waals surface area contributed by atoms with Crippen molar-refractivity contribution in [2.45, 2.75) is 31.6 Å². The summed E-state index contributed by atoms with van der Waals surface area (Å²) in [5.41, 5.74) is 0.616. The first-order valence-electron chi connectivity index (χ1n) is 7.58. The van der Waals surface area contributed by atoms with Crippen molar-refractivity contribution in [1.29, 1.82) is 5.26 Å². The first-order chi connectivity index (χ1) is 10.6. The second kappa shape index (κ2) is 5.88. The molecule has 0 spiro atoms. The zero-order valence-electron chi connectivity index (χ0n) is 12.3. The number of nitriles is 1. The third-order valence-corrected chi connectivity index (χ3v) is 4.74. The van der Waals surface area contributed by atoms with Crippen LogP contribution in [0.3, 0.4) is 0 Å². The molecule has 1 saturated carbocycles. The Hall–Kier alpha value is -2.21. The van der Waals surface area contributed by atoms with Crippen molar-refractivity contribution < 1.29 is 8.78 Å². The summed E-state index contributed by atoms with van der Waals surface area (Å²) in [4.78, 5) is 0. The van der Waals surface area contributed by atoms with Crippen molar-refractivity contribution in [2.24, 2.45) is 5.92 Å². The molecular weight excluding hydrogens is 280 g/mol. The van der Waals surface area contributed by atoms with E-state index in [0.717, 1.165) is 31.2 Å². The van der Waals surface area contributed by atoms with Gasteiger partial charge in [-0.05, 0) is 54.5 Å². The number of hydrogen-bond donors (Lipinski definition) is 0. The molecule has 22 heavy (non-hydrogen) atoms. The minimum absolute atomic E-state index is 0.307. The van der Waals surface area contributed by atoms with Gasteiger partial charge in [-0.2, -0.15) is 5.26 Å². The van der Waals surface area contributed by atoms with Crippen LogP contribution in [-0.4, -0.2) is 0 Å². The van der Waals surface area contributed by atoms with Crippen LogP contribution < -0.4 is 0 Å². The topological polar surface area (TPSA) is 23.8 Å². The van der Waals surface area contributed by atoms with Crippen LogP contribution in [0, 0.1) is 28.9 Å². The maximum atomic E-state index is 14.1. The average Bonchev–Trinajstić information content (AvgIpc) is 2.55. The molecule has 0 aliphatic heterocycles. The number of rotatable bonds is 2. The Morgan fingerprint density at radius 1 is 1.14 bits per heavy atom. The Balaban J connectivity index is 1.97. The van der Waals surface area contributed by atoms with E-state index in [1.54, 1.807) is 12.1 Å². The highest BCUT2D eigenvalue weighted by Gasteiger charge is 2.21. The molecule has 0 radical (unpaired) electrons. The first kappa shape index (κ1) is 14.7. The third-order valence-electron chi connectivity index (χ3n) is 4.74. The quantitative estimate of drug-likeness (QED) is 0.676. The molecule has 1 aliphatic carbocycles. The number of hydrogen-bond acceptors (Lipinski definition) is 1. The van der Waals surface area contributed by atoms with Crippen LogP contribution in [0.1, 0.15) is 42.7 Å². The second-order valence-electron chi connectivity index (χ2n) is 5.99. The highest BCUT2D eigenvalue weighted by molar-refractivity contribution is 5.85. The fourth-order valence-corrected chi connectivity index (χ4v) is 3.39. The highest BCUT2D eigenvalue weighted by Crippen LogP contribution is 2.37. The van der Waals surface area contributed by atoms with Gasteiger partial charge in [-0.15, -0.1) is 6.58 Å². The summed E-state index contributed by atoms with van der Waals surface area (Å²) in [5, 5.41) is 9.66. The van der Waals surface area contributed by atoms with Crippen molar-refractivity contribution in [3.8, 4) is 6.07 Å². The predicted octanol–water partition coefficient (Wildman–Crippen LogP) is 5.45. The van der Waals surface area contributed by atoms with Crippen LogP contribution in [0.2, 0.25) is 0 Å². The molecule has 0 unspecified atom stereocenters. The van der Waals surface area contributed by atoms with E-state index >= 15 is 0 Å². The smallest absolute Gasteiger partial charge is 0.151 e. The molecule has 0 heterocycles. The SMILES string of the molecule is C=CC1CCC(c2ccc3c(F)c(C#N)c(F)cc3c2)CC1.